The van der Waals surface area contributed by atoms with Crippen LogP contribution in [0.5, 0.6) is 0 Å². The van der Waals surface area contributed by atoms with Gasteiger partial charge in [0.1, 0.15) is 0 Å². The number of hydrogen-bond acceptors (Lipinski definition) is 2. The van der Waals surface area contributed by atoms with Gasteiger partial charge in [-0.1, -0.05) is 70.6 Å². The summed E-state index contributed by atoms with van der Waals surface area (Å²) >= 11 is 0. The minimum absolute atomic E-state index is 0.260. The van der Waals surface area contributed by atoms with Gasteiger partial charge in [-0.05, 0) is 12.8 Å². The van der Waals surface area contributed by atoms with Crippen molar-refractivity contribution < 1.29 is 4.79 Å². The smallest absolute Gasteiger partial charge is 0.211 e. The van der Waals surface area contributed by atoms with Gasteiger partial charge >= 0.3 is 0 Å². The van der Waals surface area contributed by atoms with Crippen molar-refractivity contribution in [3.05, 3.63) is 0 Å². The summed E-state index contributed by atoms with van der Waals surface area (Å²) in [4.78, 5) is 14.3. The van der Waals surface area contributed by atoms with Crippen molar-refractivity contribution in [3.8, 4) is 0 Å². The third-order valence-electron chi connectivity index (χ3n) is 3.81. The molecule has 1 aliphatic rings. The molecule has 98 valence electrons. The lowest BCUT2D eigenvalue weighted by Crippen LogP contribution is -2.04. The summed E-state index contributed by atoms with van der Waals surface area (Å²) in [6, 6.07) is 0.260. The maximum absolute atomic E-state index is 10.4. The highest BCUT2D eigenvalue weighted by Crippen LogP contribution is 2.18. The van der Waals surface area contributed by atoms with Crippen molar-refractivity contribution in [2.45, 2.75) is 89.5 Å². The SMILES string of the molecule is O=C=NC1CCCCCCCCCCCCC1. The first kappa shape index (κ1) is 14.4. The third kappa shape index (κ3) is 8.15. The van der Waals surface area contributed by atoms with Gasteiger partial charge in [0.15, 0.2) is 0 Å². The van der Waals surface area contributed by atoms with Gasteiger partial charge in [-0.3, -0.25) is 0 Å². The summed E-state index contributed by atoms with van der Waals surface area (Å²) < 4.78 is 0. The van der Waals surface area contributed by atoms with Crippen LogP contribution in [-0.2, 0) is 4.79 Å². The Morgan fingerprint density at radius 3 is 1.35 bits per heavy atom. The number of hydrogen-bond donors (Lipinski definition) is 0. The molecular formula is C15H27NO. The lowest BCUT2D eigenvalue weighted by molar-refractivity contribution is 0.466. The van der Waals surface area contributed by atoms with E-state index in [0.717, 1.165) is 12.8 Å². The van der Waals surface area contributed by atoms with E-state index < -0.39 is 0 Å². The van der Waals surface area contributed by atoms with E-state index in [-0.39, 0.29) is 6.04 Å². The normalized spacial score (nSPS) is 22.4. The average Bonchev–Trinajstić information content (AvgIpc) is 2.34. The molecule has 0 unspecified atom stereocenters. The molecule has 1 saturated carbocycles. The van der Waals surface area contributed by atoms with Gasteiger partial charge in [-0.2, -0.15) is 0 Å². The number of aliphatic imine (C=N–C) groups is 1. The van der Waals surface area contributed by atoms with Crippen LogP contribution < -0.4 is 0 Å². The summed E-state index contributed by atoms with van der Waals surface area (Å²) in [5.41, 5.74) is 0. The largest absolute Gasteiger partial charge is 0.235 e. The Morgan fingerprint density at radius 2 is 1.00 bits per heavy atom. The highest BCUT2D eigenvalue weighted by atomic mass is 16.1. The van der Waals surface area contributed by atoms with Crippen molar-refractivity contribution in [2.75, 3.05) is 0 Å². The predicted molar refractivity (Wildman–Crippen MR) is 71.9 cm³/mol. The van der Waals surface area contributed by atoms with Gasteiger partial charge < -0.3 is 0 Å². The van der Waals surface area contributed by atoms with Gasteiger partial charge in [0.2, 0.25) is 6.08 Å². The first-order chi connectivity index (χ1) is 8.43. The van der Waals surface area contributed by atoms with E-state index in [9.17, 15) is 4.79 Å². The van der Waals surface area contributed by atoms with Crippen LogP contribution in [0.1, 0.15) is 83.5 Å². The molecule has 0 atom stereocenters. The van der Waals surface area contributed by atoms with E-state index in [1.165, 1.54) is 70.6 Å². The second-order valence-corrected chi connectivity index (χ2v) is 5.34. The van der Waals surface area contributed by atoms with E-state index in [1.54, 1.807) is 6.08 Å². The average molecular weight is 237 g/mol. The second kappa shape index (κ2) is 10.5. The van der Waals surface area contributed by atoms with E-state index in [1.807, 2.05) is 0 Å². The topological polar surface area (TPSA) is 29.4 Å². The Labute approximate surface area is 106 Å². The molecular weight excluding hydrogens is 210 g/mol. The molecule has 2 heteroatoms. The molecule has 0 aromatic carbocycles. The molecule has 17 heavy (non-hydrogen) atoms. The van der Waals surface area contributed by atoms with Crippen LogP contribution in [0, 0.1) is 0 Å². The van der Waals surface area contributed by atoms with Crippen LogP contribution in [0.3, 0.4) is 0 Å². The van der Waals surface area contributed by atoms with E-state index in [0.29, 0.717) is 0 Å². The fourth-order valence-electron chi connectivity index (χ4n) is 2.70. The monoisotopic (exact) mass is 237 g/mol. The first-order valence-corrected chi connectivity index (χ1v) is 7.50. The molecule has 0 saturated heterocycles. The first-order valence-electron chi connectivity index (χ1n) is 7.50. The molecule has 2 nitrogen and oxygen atoms in total. The molecule has 0 radical (unpaired) electrons. The third-order valence-corrected chi connectivity index (χ3v) is 3.81. The molecule has 0 spiro atoms. The summed E-state index contributed by atoms with van der Waals surface area (Å²) in [7, 11) is 0. The van der Waals surface area contributed by atoms with Crippen LogP contribution in [0.25, 0.3) is 0 Å². The quantitative estimate of drug-likeness (QED) is 0.477. The van der Waals surface area contributed by atoms with Crippen LogP contribution in [0.15, 0.2) is 4.99 Å². The van der Waals surface area contributed by atoms with Gasteiger partial charge in [-0.15, -0.1) is 0 Å². The fourth-order valence-corrected chi connectivity index (χ4v) is 2.70. The molecule has 0 aliphatic heterocycles. The molecule has 0 aromatic heterocycles. The van der Waals surface area contributed by atoms with Crippen molar-refractivity contribution in [1.82, 2.24) is 0 Å². The van der Waals surface area contributed by atoms with Gasteiger partial charge in [-0.25, -0.2) is 9.79 Å². The van der Waals surface area contributed by atoms with Gasteiger partial charge in [0.25, 0.3) is 0 Å². The number of rotatable bonds is 1. The molecule has 0 bridgehead atoms. The Morgan fingerprint density at radius 1 is 0.647 bits per heavy atom. The van der Waals surface area contributed by atoms with Crippen LogP contribution in [0.2, 0.25) is 0 Å². The number of carbonyl (C=O) groups excluding carboxylic acids is 1. The second-order valence-electron chi connectivity index (χ2n) is 5.34. The Hall–Kier alpha value is -0.620. The number of isocyanates is 1. The molecule has 1 fully saturated rings. The Kier molecular flexibility index (Phi) is 8.94. The van der Waals surface area contributed by atoms with Gasteiger partial charge in [0.05, 0.1) is 6.04 Å². The lowest BCUT2D eigenvalue weighted by atomic mass is 9.99. The van der Waals surface area contributed by atoms with Crippen molar-refractivity contribution in [2.24, 2.45) is 4.99 Å². The Bertz CT molecular complexity index is 207. The maximum atomic E-state index is 10.4. The molecule has 0 heterocycles. The number of nitrogens with zero attached hydrogens (tertiary/aromatic N) is 1. The van der Waals surface area contributed by atoms with Crippen molar-refractivity contribution in [1.29, 1.82) is 0 Å². The lowest BCUT2D eigenvalue weighted by Gasteiger charge is -2.11. The zero-order chi connectivity index (χ0) is 12.2. The Balaban J connectivity index is 2.26. The van der Waals surface area contributed by atoms with Crippen LogP contribution in [0.4, 0.5) is 0 Å². The van der Waals surface area contributed by atoms with Crippen LogP contribution >= 0.6 is 0 Å². The highest BCUT2D eigenvalue weighted by molar-refractivity contribution is 5.33. The van der Waals surface area contributed by atoms with Gasteiger partial charge in [0, 0.05) is 0 Å². The van der Waals surface area contributed by atoms with E-state index in [4.69, 9.17) is 0 Å². The van der Waals surface area contributed by atoms with E-state index >= 15 is 0 Å². The summed E-state index contributed by atoms with van der Waals surface area (Å²) in [6.45, 7) is 0. The minimum atomic E-state index is 0.260. The summed E-state index contributed by atoms with van der Waals surface area (Å²) in [5.74, 6) is 0. The molecule has 0 N–H and O–H groups in total. The van der Waals surface area contributed by atoms with Crippen LogP contribution in [-0.4, -0.2) is 12.1 Å². The fraction of sp³-hybridized carbons (Fsp3) is 0.933. The van der Waals surface area contributed by atoms with Crippen molar-refractivity contribution >= 4 is 6.08 Å². The maximum Gasteiger partial charge on any atom is 0.235 e. The molecule has 1 rings (SSSR count). The minimum Gasteiger partial charge on any atom is -0.211 e. The zero-order valence-electron chi connectivity index (χ0n) is 11.1. The predicted octanol–water partition coefficient (Wildman–Crippen LogP) is 4.78. The summed E-state index contributed by atoms with van der Waals surface area (Å²) in [6.07, 6.45) is 18.8. The highest BCUT2D eigenvalue weighted by Gasteiger charge is 2.07. The standard InChI is InChI=1S/C15H27NO/c17-14-16-15-12-10-8-6-4-2-1-3-5-7-9-11-13-15/h15H,1-13H2. The molecule has 0 amide bonds. The molecule has 0 aromatic rings. The van der Waals surface area contributed by atoms with Crippen molar-refractivity contribution in [3.63, 3.8) is 0 Å². The van der Waals surface area contributed by atoms with E-state index in [2.05, 4.69) is 4.99 Å². The zero-order valence-corrected chi connectivity index (χ0v) is 11.1. The summed E-state index contributed by atoms with van der Waals surface area (Å²) in [5, 5.41) is 0. The molecule has 1 aliphatic carbocycles.